The fourth-order valence-corrected chi connectivity index (χ4v) is 2.31. The smallest absolute Gasteiger partial charge is 0.331 e. The number of carbonyl (C=O) groups is 2. The van der Waals surface area contributed by atoms with Gasteiger partial charge in [-0.3, -0.25) is 9.59 Å². The largest absolute Gasteiger partial charge is 0.496 e. The molecule has 1 aliphatic carbocycles. The molecule has 1 aromatic rings. The summed E-state index contributed by atoms with van der Waals surface area (Å²) in [5, 5.41) is 0. The van der Waals surface area contributed by atoms with Crippen LogP contribution in [-0.2, 0) is 29.2 Å². The normalized spacial score (nSPS) is 15.2. The number of rotatable bonds is 3. The predicted octanol–water partition coefficient (Wildman–Crippen LogP) is 1.27. The molecular weight excluding hydrogens is 248 g/mol. The van der Waals surface area contributed by atoms with E-state index in [0.717, 1.165) is 0 Å². The third-order valence-corrected chi connectivity index (χ3v) is 3.20. The first kappa shape index (κ1) is 13.1. The Bertz CT molecular complexity index is 543. The van der Waals surface area contributed by atoms with Gasteiger partial charge in [-0.25, -0.2) is 0 Å². The van der Waals surface area contributed by atoms with Gasteiger partial charge in [-0.15, -0.1) is 0 Å². The minimum Gasteiger partial charge on any atom is -0.496 e. The summed E-state index contributed by atoms with van der Waals surface area (Å²) in [5.74, 6) is -0.941. The van der Waals surface area contributed by atoms with Crippen LogP contribution in [0, 0.1) is 0 Å². The van der Waals surface area contributed by atoms with Crippen molar-refractivity contribution in [2.75, 3.05) is 21.3 Å². The zero-order valence-corrected chi connectivity index (χ0v) is 10.9. The molecule has 1 aromatic carbocycles. The highest BCUT2D eigenvalue weighted by molar-refractivity contribution is 6.12. The zero-order chi connectivity index (χ0) is 14.0. The van der Waals surface area contributed by atoms with E-state index in [-0.39, 0.29) is 0 Å². The second-order valence-corrected chi connectivity index (χ2v) is 4.05. The molecule has 0 amide bonds. The molecule has 0 radical (unpaired) electrons. The third-order valence-electron chi connectivity index (χ3n) is 3.20. The van der Waals surface area contributed by atoms with Crippen molar-refractivity contribution in [3.05, 3.63) is 41.5 Å². The molecule has 1 aliphatic rings. The van der Waals surface area contributed by atoms with Gasteiger partial charge in [0.15, 0.2) is 0 Å². The maximum atomic E-state index is 12.1. The monoisotopic (exact) mass is 262 g/mol. The quantitative estimate of drug-likeness (QED) is 0.606. The lowest BCUT2D eigenvalue weighted by Gasteiger charge is -2.22. The number of esters is 2. The Morgan fingerprint density at radius 2 is 1.58 bits per heavy atom. The lowest BCUT2D eigenvalue weighted by atomic mass is 9.82. The fourth-order valence-electron chi connectivity index (χ4n) is 2.31. The lowest BCUT2D eigenvalue weighted by Crippen LogP contribution is -2.42. The van der Waals surface area contributed by atoms with Gasteiger partial charge < -0.3 is 14.2 Å². The van der Waals surface area contributed by atoms with Gasteiger partial charge in [0, 0.05) is 5.56 Å². The number of benzene rings is 1. The van der Waals surface area contributed by atoms with E-state index in [9.17, 15) is 9.59 Å². The van der Waals surface area contributed by atoms with Gasteiger partial charge in [-0.1, -0.05) is 24.3 Å². The van der Waals surface area contributed by atoms with Crippen molar-refractivity contribution in [3.63, 3.8) is 0 Å². The summed E-state index contributed by atoms with van der Waals surface area (Å²) in [6.45, 7) is 0. The first-order chi connectivity index (χ1) is 9.11. The van der Waals surface area contributed by atoms with E-state index in [1.807, 2.05) is 0 Å². The minimum atomic E-state index is -1.59. The minimum absolute atomic E-state index is 0.450. The molecule has 0 spiro atoms. The second-order valence-electron chi connectivity index (χ2n) is 4.05. The predicted molar refractivity (Wildman–Crippen MR) is 67.1 cm³/mol. The Hall–Kier alpha value is -2.30. The van der Waals surface area contributed by atoms with Crippen molar-refractivity contribution < 1.29 is 23.8 Å². The van der Waals surface area contributed by atoms with Gasteiger partial charge in [0.1, 0.15) is 5.76 Å². The summed E-state index contributed by atoms with van der Waals surface area (Å²) < 4.78 is 14.8. The van der Waals surface area contributed by atoms with Crippen LogP contribution < -0.4 is 0 Å². The average Bonchev–Trinajstić information content (AvgIpc) is 2.81. The summed E-state index contributed by atoms with van der Waals surface area (Å²) in [6.07, 6.45) is 1.44. The summed E-state index contributed by atoms with van der Waals surface area (Å²) in [6, 6.07) is 7.01. The topological polar surface area (TPSA) is 61.8 Å². The van der Waals surface area contributed by atoms with E-state index in [0.29, 0.717) is 16.9 Å². The molecule has 2 rings (SSSR count). The zero-order valence-electron chi connectivity index (χ0n) is 10.9. The Morgan fingerprint density at radius 1 is 1.00 bits per heavy atom. The highest BCUT2D eigenvalue weighted by atomic mass is 16.5. The average molecular weight is 262 g/mol. The molecule has 0 N–H and O–H groups in total. The van der Waals surface area contributed by atoms with Crippen LogP contribution in [0.3, 0.4) is 0 Å². The summed E-state index contributed by atoms with van der Waals surface area (Å²) in [7, 11) is 3.94. The van der Waals surface area contributed by atoms with Crippen LogP contribution in [0.15, 0.2) is 30.3 Å². The Morgan fingerprint density at radius 3 is 2.11 bits per heavy atom. The van der Waals surface area contributed by atoms with E-state index in [1.165, 1.54) is 27.4 Å². The molecule has 0 aromatic heterocycles. The van der Waals surface area contributed by atoms with E-state index in [1.54, 1.807) is 24.3 Å². The third kappa shape index (κ3) is 1.69. The van der Waals surface area contributed by atoms with Crippen LogP contribution in [0.2, 0.25) is 0 Å². The van der Waals surface area contributed by atoms with Gasteiger partial charge in [-0.05, 0) is 11.6 Å². The van der Waals surface area contributed by atoms with Gasteiger partial charge in [0.2, 0.25) is 5.41 Å². The number of hydrogen-bond acceptors (Lipinski definition) is 5. The highest BCUT2D eigenvalue weighted by Crippen LogP contribution is 2.42. The van der Waals surface area contributed by atoms with Crippen LogP contribution in [0.25, 0.3) is 5.76 Å². The maximum absolute atomic E-state index is 12.1. The molecule has 0 heterocycles. The van der Waals surface area contributed by atoms with Crippen LogP contribution in [0.5, 0.6) is 0 Å². The molecule has 5 heteroatoms. The maximum Gasteiger partial charge on any atom is 0.331 e. The van der Waals surface area contributed by atoms with Crippen molar-refractivity contribution in [2.24, 2.45) is 0 Å². The molecule has 0 aliphatic heterocycles. The Labute approximate surface area is 110 Å². The Balaban J connectivity index is 2.72. The summed E-state index contributed by atoms with van der Waals surface area (Å²) >= 11 is 0. The summed E-state index contributed by atoms with van der Waals surface area (Å²) in [5.41, 5.74) is -0.405. The number of carbonyl (C=O) groups excluding carboxylic acids is 2. The van der Waals surface area contributed by atoms with Crippen LogP contribution in [-0.4, -0.2) is 33.3 Å². The molecule has 0 fully saturated rings. The molecule has 5 nitrogen and oxygen atoms in total. The van der Waals surface area contributed by atoms with E-state index in [4.69, 9.17) is 14.2 Å². The molecule has 0 unspecified atom stereocenters. The molecule has 19 heavy (non-hydrogen) atoms. The molecule has 0 saturated heterocycles. The van der Waals surface area contributed by atoms with Crippen molar-refractivity contribution in [2.45, 2.75) is 5.41 Å². The molecule has 0 atom stereocenters. The van der Waals surface area contributed by atoms with Gasteiger partial charge in [0.25, 0.3) is 0 Å². The van der Waals surface area contributed by atoms with Gasteiger partial charge in [0.05, 0.1) is 21.3 Å². The van der Waals surface area contributed by atoms with Crippen LogP contribution in [0.1, 0.15) is 11.1 Å². The standard InChI is InChI=1S/C14H14O5/c1-17-11-8-14(12(15)18-2,13(16)19-3)10-7-5-4-6-9(10)11/h4-8H,1-3H3. The SMILES string of the molecule is COC(=O)C1(C(=O)OC)C=C(OC)c2ccccc21. The van der Waals surface area contributed by atoms with Crippen LogP contribution in [0.4, 0.5) is 0 Å². The molecular formula is C14H14O5. The van der Waals surface area contributed by atoms with E-state index in [2.05, 4.69) is 0 Å². The molecule has 0 saturated carbocycles. The number of methoxy groups -OCH3 is 3. The lowest BCUT2D eigenvalue weighted by molar-refractivity contribution is -0.158. The number of hydrogen-bond donors (Lipinski definition) is 0. The van der Waals surface area contributed by atoms with E-state index < -0.39 is 17.4 Å². The highest BCUT2D eigenvalue weighted by Gasteiger charge is 2.53. The molecule has 0 bridgehead atoms. The second kappa shape index (κ2) is 4.76. The van der Waals surface area contributed by atoms with Gasteiger partial charge >= 0.3 is 11.9 Å². The van der Waals surface area contributed by atoms with Crippen molar-refractivity contribution >= 4 is 17.7 Å². The van der Waals surface area contributed by atoms with Crippen LogP contribution >= 0.6 is 0 Å². The molecule has 100 valence electrons. The first-order valence-corrected chi connectivity index (χ1v) is 5.65. The van der Waals surface area contributed by atoms with Crippen molar-refractivity contribution in [1.29, 1.82) is 0 Å². The Kier molecular flexibility index (Phi) is 3.29. The van der Waals surface area contributed by atoms with Crippen molar-refractivity contribution in [1.82, 2.24) is 0 Å². The number of ether oxygens (including phenoxy) is 3. The van der Waals surface area contributed by atoms with E-state index >= 15 is 0 Å². The first-order valence-electron chi connectivity index (χ1n) is 5.65. The fraction of sp³-hybridized carbons (Fsp3) is 0.286. The van der Waals surface area contributed by atoms with Gasteiger partial charge in [-0.2, -0.15) is 0 Å². The number of fused-ring (bicyclic) bond motifs is 1. The van der Waals surface area contributed by atoms with Crippen molar-refractivity contribution in [3.8, 4) is 0 Å². The summed E-state index contributed by atoms with van der Waals surface area (Å²) in [4.78, 5) is 24.3.